The number of ketones is 1. The SMILES string of the molecule is Cc1ccc(C(=O)COC(=O)C23C[C@H]4C[C@@H](CC(Br)(C4)C2)C3)cc1C. The monoisotopic (exact) mass is 404 g/mol. The third-order valence-corrected chi connectivity index (χ3v) is 7.51. The zero-order valence-electron chi connectivity index (χ0n) is 14.9. The maximum Gasteiger partial charge on any atom is 0.312 e. The number of esters is 1. The molecule has 1 aromatic carbocycles. The van der Waals surface area contributed by atoms with Gasteiger partial charge in [-0.25, -0.2) is 0 Å². The highest BCUT2D eigenvalue weighted by atomic mass is 79.9. The van der Waals surface area contributed by atoms with Crippen LogP contribution in [0.25, 0.3) is 0 Å². The molecule has 0 unspecified atom stereocenters. The number of rotatable bonds is 4. The fraction of sp³-hybridized carbons (Fsp3) is 0.619. The lowest BCUT2D eigenvalue weighted by molar-refractivity contribution is -0.168. The van der Waals surface area contributed by atoms with E-state index in [4.69, 9.17) is 4.74 Å². The van der Waals surface area contributed by atoms with E-state index in [1.165, 1.54) is 19.3 Å². The van der Waals surface area contributed by atoms with Gasteiger partial charge in [-0.05, 0) is 81.4 Å². The molecule has 4 aliphatic carbocycles. The average molecular weight is 405 g/mol. The van der Waals surface area contributed by atoms with Gasteiger partial charge in [0.1, 0.15) is 0 Å². The molecule has 4 bridgehead atoms. The van der Waals surface area contributed by atoms with Gasteiger partial charge in [-0.1, -0.05) is 28.1 Å². The molecule has 0 amide bonds. The molecule has 4 saturated carbocycles. The van der Waals surface area contributed by atoms with Crippen LogP contribution in [0.5, 0.6) is 0 Å². The zero-order valence-corrected chi connectivity index (χ0v) is 16.5. The molecule has 4 aliphatic rings. The lowest BCUT2D eigenvalue weighted by Gasteiger charge is -2.58. The molecule has 25 heavy (non-hydrogen) atoms. The van der Waals surface area contributed by atoms with Crippen molar-refractivity contribution in [1.29, 1.82) is 0 Å². The Hall–Kier alpha value is -1.16. The maximum absolute atomic E-state index is 12.9. The summed E-state index contributed by atoms with van der Waals surface area (Å²) >= 11 is 3.92. The fourth-order valence-electron chi connectivity index (χ4n) is 5.67. The number of ether oxygens (including phenoxy) is 1. The highest BCUT2D eigenvalue weighted by molar-refractivity contribution is 9.10. The molecule has 5 rings (SSSR count). The van der Waals surface area contributed by atoms with Gasteiger partial charge in [-0.3, -0.25) is 9.59 Å². The second-order valence-electron chi connectivity index (χ2n) is 8.69. The Bertz CT molecular complexity index is 725. The molecule has 0 radical (unpaired) electrons. The molecule has 4 fully saturated rings. The van der Waals surface area contributed by atoms with Crippen LogP contribution in [-0.4, -0.2) is 22.7 Å². The molecule has 0 heterocycles. The van der Waals surface area contributed by atoms with E-state index in [2.05, 4.69) is 15.9 Å². The topological polar surface area (TPSA) is 43.4 Å². The van der Waals surface area contributed by atoms with Gasteiger partial charge in [0.2, 0.25) is 0 Å². The third kappa shape index (κ3) is 3.07. The van der Waals surface area contributed by atoms with Crippen molar-refractivity contribution in [2.75, 3.05) is 6.61 Å². The van der Waals surface area contributed by atoms with Gasteiger partial charge in [-0.15, -0.1) is 0 Å². The second-order valence-corrected chi connectivity index (χ2v) is 10.4. The van der Waals surface area contributed by atoms with Crippen molar-refractivity contribution in [3.63, 3.8) is 0 Å². The molecule has 2 atom stereocenters. The molecular formula is C21H25BrO3. The van der Waals surface area contributed by atoms with Crippen LogP contribution < -0.4 is 0 Å². The first-order chi connectivity index (χ1) is 11.8. The highest BCUT2D eigenvalue weighted by Crippen LogP contribution is 2.64. The maximum atomic E-state index is 12.9. The minimum Gasteiger partial charge on any atom is -0.457 e. The van der Waals surface area contributed by atoms with Crippen molar-refractivity contribution >= 4 is 27.7 Å². The molecule has 134 valence electrons. The van der Waals surface area contributed by atoms with Crippen LogP contribution in [0.4, 0.5) is 0 Å². The molecule has 0 N–H and O–H groups in total. The highest BCUT2D eigenvalue weighted by Gasteiger charge is 2.60. The minimum atomic E-state index is -0.364. The number of Topliss-reactive ketones (excluding diaryl/α,β-unsaturated/α-hetero) is 1. The molecule has 1 aromatic rings. The van der Waals surface area contributed by atoms with E-state index in [0.29, 0.717) is 17.4 Å². The van der Waals surface area contributed by atoms with E-state index in [9.17, 15) is 9.59 Å². The van der Waals surface area contributed by atoms with Gasteiger partial charge in [0.05, 0.1) is 5.41 Å². The summed E-state index contributed by atoms with van der Waals surface area (Å²) < 4.78 is 5.67. The summed E-state index contributed by atoms with van der Waals surface area (Å²) in [6, 6.07) is 5.64. The van der Waals surface area contributed by atoms with Crippen molar-refractivity contribution in [1.82, 2.24) is 0 Å². The van der Waals surface area contributed by atoms with Crippen LogP contribution in [-0.2, 0) is 9.53 Å². The van der Waals surface area contributed by atoms with Crippen LogP contribution >= 0.6 is 15.9 Å². The minimum absolute atomic E-state index is 0.116. The lowest BCUT2D eigenvalue weighted by Crippen LogP contribution is -2.56. The van der Waals surface area contributed by atoms with Crippen LogP contribution in [0, 0.1) is 31.1 Å². The van der Waals surface area contributed by atoms with E-state index >= 15 is 0 Å². The van der Waals surface area contributed by atoms with Crippen molar-refractivity contribution < 1.29 is 14.3 Å². The van der Waals surface area contributed by atoms with Gasteiger partial charge in [-0.2, -0.15) is 0 Å². The molecule has 0 aromatic heterocycles. The Kier molecular flexibility index (Phi) is 4.10. The summed E-state index contributed by atoms with van der Waals surface area (Å²) in [4.78, 5) is 25.3. The second kappa shape index (κ2) is 5.94. The number of benzene rings is 1. The van der Waals surface area contributed by atoms with Crippen LogP contribution in [0.1, 0.15) is 60.0 Å². The normalized spacial score (nSPS) is 35.6. The number of hydrogen-bond donors (Lipinski definition) is 0. The van der Waals surface area contributed by atoms with Crippen LogP contribution in [0.15, 0.2) is 18.2 Å². The Morgan fingerprint density at radius 3 is 2.40 bits per heavy atom. The first-order valence-electron chi connectivity index (χ1n) is 9.25. The third-order valence-electron chi connectivity index (χ3n) is 6.59. The van der Waals surface area contributed by atoms with Crippen molar-refractivity contribution in [3.8, 4) is 0 Å². The standard InChI is InChI=1S/C21H25BrO3/c1-13-3-4-17(5-14(13)2)18(23)11-25-19(24)20-7-15-6-16(8-20)10-21(22,9-15)12-20/h3-5,15-16H,6-12H2,1-2H3/t15-,16-,20?,21?/m1/s1. The number of carbonyl (C=O) groups is 2. The van der Waals surface area contributed by atoms with Gasteiger partial charge in [0.25, 0.3) is 0 Å². The predicted molar refractivity (Wildman–Crippen MR) is 100.0 cm³/mol. The fourth-order valence-corrected chi connectivity index (χ4v) is 7.12. The van der Waals surface area contributed by atoms with Gasteiger partial charge in [0, 0.05) is 9.89 Å². The first-order valence-corrected chi connectivity index (χ1v) is 10.0. The van der Waals surface area contributed by atoms with Gasteiger partial charge in [0.15, 0.2) is 12.4 Å². The Morgan fingerprint density at radius 1 is 1.12 bits per heavy atom. The Morgan fingerprint density at radius 2 is 1.80 bits per heavy atom. The van der Waals surface area contributed by atoms with Crippen molar-refractivity contribution in [2.24, 2.45) is 17.3 Å². The summed E-state index contributed by atoms with van der Waals surface area (Å²) in [7, 11) is 0. The number of aryl methyl sites for hydroxylation is 2. The molecule has 0 aliphatic heterocycles. The lowest BCUT2D eigenvalue weighted by atomic mass is 9.49. The van der Waals surface area contributed by atoms with Gasteiger partial charge < -0.3 is 4.74 Å². The summed E-state index contributed by atoms with van der Waals surface area (Å²) in [6.45, 7) is 3.86. The summed E-state index contributed by atoms with van der Waals surface area (Å²) in [5, 5.41) is 0. The van der Waals surface area contributed by atoms with E-state index in [1.807, 2.05) is 32.0 Å². The molecule has 3 nitrogen and oxygen atoms in total. The average Bonchev–Trinajstić information content (AvgIpc) is 2.52. The van der Waals surface area contributed by atoms with Crippen molar-refractivity contribution in [3.05, 3.63) is 34.9 Å². The molecule has 0 saturated heterocycles. The smallest absolute Gasteiger partial charge is 0.312 e. The summed E-state index contributed by atoms with van der Waals surface area (Å²) in [5.41, 5.74) is 2.50. The molecular weight excluding hydrogens is 380 g/mol. The van der Waals surface area contributed by atoms with E-state index < -0.39 is 0 Å². The van der Waals surface area contributed by atoms with Crippen molar-refractivity contribution in [2.45, 2.75) is 56.7 Å². The van der Waals surface area contributed by atoms with Crippen LogP contribution in [0.3, 0.4) is 0 Å². The number of alkyl halides is 1. The van der Waals surface area contributed by atoms with Gasteiger partial charge >= 0.3 is 5.97 Å². The molecule has 0 spiro atoms. The largest absolute Gasteiger partial charge is 0.457 e. The zero-order chi connectivity index (χ0) is 17.8. The Labute approximate surface area is 157 Å². The van der Waals surface area contributed by atoms with E-state index in [1.54, 1.807) is 0 Å². The number of hydrogen-bond acceptors (Lipinski definition) is 3. The number of halogens is 1. The van der Waals surface area contributed by atoms with Crippen LogP contribution in [0.2, 0.25) is 0 Å². The summed E-state index contributed by atoms with van der Waals surface area (Å²) in [5.74, 6) is 0.990. The summed E-state index contributed by atoms with van der Waals surface area (Å²) in [6.07, 6.45) is 6.36. The predicted octanol–water partition coefficient (Wildman–Crippen LogP) is 4.76. The molecule has 4 heteroatoms. The van der Waals surface area contributed by atoms with E-state index in [-0.39, 0.29) is 28.1 Å². The Balaban J connectivity index is 1.44. The quantitative estimate of drug-likeness (QED) is 0.412. The number of carbonyl (C=O) groups excluding carboxylic acids is 2. The first kappa shape index (κ1) is 17.3. The van der Waals surface area contributed by atoms with E-state index in [0.717, 1.165) is 30.4 Å².